The Labute approximate surface area is 156 Å². The topological polar surface area (TPSA) is 99.3 Å². The first-order valence-electron chi connectivity index (χ1n) is 8.22. The molecule has 1 aromatic carbocycles. The van der Waals surface area contributed by atoms with Crippen LogP contribution >= 0.6 is 11.3 Å². The zero-order valence-corrected chi connectivity index (χ0v) is 15.5. The fraction of sp³-hybridized carbons (Fsp3) is 0.278. The van der Waals surface area contributed by atoms with Gasteiger partial charge in [-0.3, -0.25) is 9.59 Å². The van der Waals surface area contributed by atoms with Crippen LogP contribution in [0.15, 0.2) is 41.1 Å². The Morgan fingerprint density at radius 1 is 1.00 bits per heavy atom. The van der Waals surface area contributed by atoms with Crippen LogP contribution in [0.1, 0.15) is 30.6 Å². The minimum Gasteiger partial charge on any atom is -0.351 e. The van der Waals surface area contributed by atoms with Crippen LogP contribution in [0.4, 0.5) is 16.2 Å². The summed E-state index contributed by atoms with van der Waals surface area (Å²) in [6.07, 6.45) is 0.173. The van der Waals surface area contributed by atoms with Gasteiger partial charge in [-0.05, 0) is 49.6 Å². The van der Waals surface area contributed by atoms with E-state index in [1.165, 1.54) is 11.3 Å². The molecule has 138 valence electrons. The normalized spacial score (nSPS) is 10.3. The first kappa shape index (κ1) is 19.5. The van der Waals surface area contributed by atoms with E-state index in [0.717, 1.165) is 0 Å². The number of rotatable bonds is 7. The first-order valence-corrected chi connectivity index (χ1v) is 9.16. The van der Waals surface area contributed by atoms with Gasteiger partial charge in [-0.25, -0.2) is 4.79 Å². The highest BCUT2D eigenvalue weighted by Gasteiger charge is 2.08. The van der Waals surface area contributed by atoms with Crippen molar-refractivity contribution in [2.24, 2.45) is 0 Å². The summed E-state index contributed by atoms with van der Waals surface area (Å²) in [5, 5.41) is 14.5. The standard InChI is InChI=1S/C18H22N4O3S/c1-12(2)20-18(25)22-15-5-3-14(4-6-15)21-16(23)7-9-19-17(24)13-8-10-26-11-13/h3-6,8,10-12H,7,9H2,1-2H3,(H,19,24)(H,21,23)(H2,20,22,25). The maximum absolute atomic E-state index is 11.9. The average Bonchev–Trinajstić information content (AvgIpc) is 3.10. The van der Waals surface area contributed by atoms with Crippen molar-refractivity contribution in [1.29, 1.82) is 0 Å². The summed E-state index contributed by atoms with van der Waals surface area (Å²) < 4.78 is 0. The van der Waals surface area contributed by atoms with Gasteiger partial charge < -0.3 is 21.3 Å². The molecule has 0 atom stereocenters. The van der Waals surface area contributed by atoms with E-state index in [1.54, 1.807) is 35.7 Å². The Kier molecular flexibility index (Phi) is 7.16. The molecule has 0 radical (unpaired) electrons. The summed E-state index contributed by atoms with van der Waals surface area (Å²) in [7, 11) is 0. The largest absolute Gasteiger partial charge is 0.351 e. The van der Waals surface area contributed by atoms with Gasteiger partial charge in [0.2, 0.25) is 5.91 Å². The Morgan fingerprint density at radius 2 is 1.65 bits per heavy atom. The van der Waals surface area contributed by atoms with Crippen molar-refractivity contribution in [3.8, 4) is 0 Å². The third-order valence-corrected chi connectivity index (χ3v) is 3.95. The van der Waals surface area contributed by atoms with Crippen LogP contribution in [0, 0.1) is 0 Å². The van der Waals surface area contributed by atoms with Crippen LogP contribution in [0.3, 0.4) is 0 Å². The molecule has 0 aliphatic carbocycles. The molecule has 1 aromatic heterocycles. The summed E-state index contributed by atoms with van der Waals surface area (Å²) in [5.74, 6) is -0.386. The fourth-order valence-electron chi connectivity index (χ4n) is 2.08. The molecule has 2 aromatic rings. The smallest absolute Gasteiger partial charge is 0.319 e. The third kappa shape index (κ3) is 6.56. The molecule has 0 aliphatic rings. The summed E-state index contributed by atoms with van der Waals surface area (Å²) in [6, 6.07) is 8.31. The van der Waals surface area contributed by atoms with Gasteiger partial charge in [-0.1, -0.05) is 0 Å². The number of amides is 4. The Bertz CT molecular complexity index is 742. The van der Waals surface area contributed by atoms with E-state index in [1.807, 2.05) is 19.2 Å². The highest BCUT2D eigenvalue weighted by atomic mass is 32.1. The van der Waals surface area contributed by atoms with Gasteiger partial charge in [-0.15, -0.1) is 0 Å². The number of thiophene rings is 1. The van der Waals surface area contributed by atoms with Gasteiger partial charge in [-0.2, -0.15) is 11.3 Å². The molecule has 1 heterocycles. The maximum Gasteiger partial charge on any atom is 0.319 e. The van der Waals surface area contributed by atoms with Crippen LogP contribution in [-0.2, 0) is 4.79 Å². The zero-order valence-electron chi connectivity index (χ0n) is 14.7. The van der Waals surface area contributed by atoms with Gasteiger partial charge in [0, 0.05) is 41.3 Å². The molecule has 8 heteroatoms. The lowest BCUT2D eigenvalue weighted by Crippen LogP contribution is -2.34. The predicted molar refractivity (Wildman–Crippen MR) is 104 cm³/mol. The maximum atomic E-state index is 11.9. The van der Waals surface area contributed by atoms with Gasteiger partial charge in [0.1, 0.15) is 0 Å². The SMILES string of the molecule is CC(C)NC(=O)Nc1ccc(NC(=O)CCNC(=O)c2ccsc2)cc1. The number of urea groups is 1. The van der Waals surface area contributed by atoms with Crippen molar-refractivity contribution in [3.63, 3.8) is 0 Å². The van der Waals surface area contributed by atoms with E-state index in [9.17, 15) is 14.4 Å². The molecule has 0 fully saturated rings. The molecule has 7 nitrogen and oxygen atoms in total. The molecule has 4 amide bonds. The van der Waals surface area contributed by atoms with Crippen molar-refractivity contribution in [1.82, 2.24) is 10.6 Å². The van der Waals surface area contributed by atoms with E-state index in [4.69, 9.17) is 0 Å². The molecule has 0 saturated heterocycles. The predicted octanol–water partition coefficient (Wildman–Crippen LogP) is 3.04. The minimum absolute atomic E-state index is 0.0498. The number of carbonyl (C=O) groups is 3. The van der Waals surface area contributed by atoms with E-state index in [-0.39, 0.29) is 36.9 Å². The molecular formula is C18H22N4O3S. The van der Waals surface area contributed by atoms with E-state index < -0.39 is 0 Å². The second-order valence-corrected chi connectivity index (χ2v) is 6.68. The van der Waals surface area contributed by atoms with E-state index >= 15 is 0 Å². The number of benzene rings is 1. The van der Waals surface area contributed by atoms with Crippen molar-refractivity contribution in [2.75, 3.05) is 17.2 Å². The summed E-state index contributed by atoms with van der Waals surface area (Å²) in [4.78, 5) is 35.3. The lowest BCUT2D eigenvalue weighted by atomic mass is 10.2. The number of hydrogen-bond acceptors (Lipinski definition) is 4. The van der Waals surface area contributed by atoms with Gasteiger partial charge in [0.15, 0.2) is 0 Å². The Hall–Kier alpha value is -2.87. The lowest BCUT2D eigenvalue weighted by Gasteiger charge is -2.11. The van der Waals surface area contributed by atoms with E-state index in [2.05, 4.69) is 21.3 Å². The fourth-order valence-corrected chi connectivity index (χ4v) is 2.71. The molecule has 0 aliphatic heterocycles. The average molecular weight is 374 g/mol. The molecule has 0 bridgehead atoms. The van der Waals surface area contributed by atoms with Crippen molar-refractivity contribution in [2.45, 2.75) is 26.3 Å². The highest BCUT2D eigenvalue weighted by Crippen LogP contribution is 2.13. The molecular weight excluding hydrogens is 352 g/mol. The highest BCUT2D eigenvalue weighted by molar-refractivity contribution is 7.08. The van der Waals surface area contributed by atoms with Crippen LogP contribution in [-0.4, -0.2) is 30.4 Å². The molecule has 2 rings (SSSR count). The zero-order chi connectivity index (χ0) is 18.9. The quantitative estimate of drug-likeness (QED) is 0.599. The number of hydrogen-bond donors (Lipinski definition) is 4. The van der Waals surface area contributed by atoms with Crippen molar-refractivity contribution >= 4 is 40.6 Å². The van der Waals surface area contributed by atoms with Crippen molar-refractivity contribution in [3.05, 3.63) is 46.7 Å². The number of nitrogens with one attached hydrogen (secondary N) is 4. The van der Waals surface area contributed by atoms with Crippen LogP contribution in [0.5, 0.6) is 0 Å². The second kappa shape index (κ2) is 9.57. The van der Waals surface area contributed by atoms with Crippen LogP contribution in [0.2, 0.25) is 0 Å². The Balaban J connectivity index is 1.73. The number of anilines is 2. The first-order chi connectivity index (χ1) is 12.4. The van der Waals surface area contributed by atoms with Crippen LogP contribution in [0.25, 0.3) is 0 Å². The van der Waals surface area contributed by atoms with Crippen LogP contribution < -0.4 is 21.3 Å². The summed E-state index contributed by atoms with van der Waals surface area (Å²) in [6.45, 7) is 4.01. The molecule has 4 N–H and O–H groups in total. The monoisotopic (exact) mass is 374 g/mol. The molecule has 0 saturated carbocycles. The minimum atomic E-state index is -0.279. The summed E-state index contributed by atoms with van der Waals surface area (Å²) >= 11 is 1.45. The third-order valence-electron chi connectivity index (χ3n) is 3.27. The van der Waals surface area contributed by atoms with E-state index in [0.29, 0.717) is 16.9 Å². The van der Waals surface area contributed by atoms with Gasteiger partial charge in [0.05, 0.1) is 0 Å². The van der Waals surface area contributed by atoms with Crippen molar-refractivity contribution < 1.29 is 14.4 Å². The number of carbonyl (C=O) groups excluding carboxylic acids is 3. The summed E-state index contributed by atoms with van der Waals surface area (Å²) in [5.41, 5.74) is 1.85. The second-order valence-electron chi connectivity index (χ2n) is 5.90. The molecule has 0 unspecified atom stereocenters. The van der Waals surface area contributed by atoms with Gasteiger partial charge in [0.25, 0.3) is 5.91 Å². The lowest BCUT2D eigenvalue weighted by molar-refractivity contribution is -0.116. The Morgan fingerprint density at radius 3 is 2.23 bits per heavy atom. The van der Waals surface area contributed by atoms with Gasteiger partial charge >= 0.3 is 6.03 Å². The molecule has 0 spiro atoms. The molecule has 26 heavy (non-hydrogen) atoms.